The van der Waals surface area contributed by atoms with Crippen molar-refractivity contribution in [1.82, 2.24) is 0 Å². The van der Waals surface area contributed by atoms with Crippen molar-refractivity contribution in [1.29, 1.82) is 0 Å². The van der Waals surface area contributed by atoms with Gasteiger partial charge in [-0.05, 0) is 43.7 Å². The zero-order valence-electron chi connectivity index (χ0n) is 13.8. The first-order valence-electron chi connectivity index (χ1n) is 7.71. The molecule has 0 saturated heterocycles. The Morgan fingerprint density at radius 3 is 2.30 bits per heavy atom. The Kier molecular flexibility index (Phi) is 5.63. The van der Waals surface area contributed by atoms with Crippen molar-refractivity contribution >= 4 is 11.7 Å². The molecule has 0 amide bonds. The molecule has 0 spiro atoms. The molecule has 0 aromatic heterocycles. The van der Waals surface area contributed by atoms with Crippen LogP contribution in [0.1, 0.15) is 19.4 Å². The molecule has 23 heavy (non-hydrogen) atoms. The lowest BCUT2D eigenvalue weighted by Gasteiger charge is -2.30. The third-order valence-corrected chi connectivity index (χ3v) is 3.64. The first-order chi connectivity index (χ1) is 11.1. The van der Waals surface area contributed by atoms with Gasteiger partial charge in [0.2, 0.25) is 0 Å². The summed E-state index contributed by atoms with van der Waals surface area (Å²) in [6, 6.07) is 17.4. The van der Waals surface area contributed by atoms with Crippen LogP contribution in [0, 0.1) is 0 Å². The maximum absolute atomic E-state index is 12.5. The summed E-state index contributed by atoms with van der Waals surface area (Å²) in [4.78, 5) is 12.5. The molecule has 1 atom stereocenters. The van der Waals surface area contributed by atoms with Crippen molar-refractivity contribution < 1.29 is 14.3 Å². The van der Waals surface area contributed by atoms with E-state index in [-0.39, 0.29) is 5.97 Å². The number of anilines is 1. The number of nitrogens with one attached hydrogen (secondary N) is 1. The van der Waals surface area contributed by atoms with E-state index in [0.29, 0.717) is 13.0 Å². The van der Waals surface area contributed by atoms with Crippen molar-refractivity contribution in [2.75, 3.05) is 19.0 Å². The van der Waals surface area contributed by atoms with E-state index in [1.165, 1.54) is 0 Å². The summed E-state index contributed by atoms with van der Waals surface area (Å²) in [5, 5.41) is 3.31. The van der Waals surface area contributed by atoms with E-state index in [1.807, 2.05) is 68.4 Å². The van der Waals surface area contributed by atoms with Crippen LogP contribution in [0.25, 0.3) is 0 Å². The quantitative estimate of drug-likeness (QED) is 0.792. The molecule has 0 saturated carbocycles. The molecule has 2 aromatic rings. The van der Waals surface area contributed by atoms with E-state index < -0.39 is 5.54 Å². The number of benzene rings is 2. The van der Waals surface area contributed by atoms with Gasteiger partial charge in [0, 0.05) is 12.1 Å². The highest BCUT2D eigenvalue weighted by Crippen LogP contribution is 2.23. The monoisotopic (exact) mass is 313 g/mol. The molecule has 1 N–H and O–H groups in total. The van der Waals surface area contributed by atoms with E-state index in [1.54, 1.807) is 7.11 Å². The van der Waals surface area contributed by atoms with Crippen molar-refractivity contribution in [2.24, 2.45) is 0 Å². The maximum Gasteiger partial charge on any atom is 0.331 e. The first-order valence-corrected chi connectivity index (χ1v) is 7.71. The van der Waals surface area contributed by atoms with Crippen LogP contribution < -0.4 is 10.1 Å². The van der Waals surface area contributed by atoms with Gasteiger partial charge in [0.05, 0.1) is 13.7 Å². The van der Waals surface area contributed by atoms with E-state index in [2.05, 4.69) is 5.32 Å². The van der Waals surface area contributed by atoms with Crippen LogP contribution in [0.15, 0.2) is 54.6 Å². The van der Waals surface area contributed by atoms with Crippen LogP contribution in [0.5, 0.6) is 5.75 Å². The molecule has 4 nitrogen and oxygen atoms in total. The SMILES string of the molecule is CCOC(=O)C(C)(Cc1ccccc1)Nc1ccc(OC)cc1. The molecule has 0 fully saturated rings. The third-order valence-electron chi connectivity index (χ3n) is 3.64. The Bertz CT molecular complexity index is 625. The number of hydrogen-bond acceptors (Lipinski definition) is 4. The minimum absolute atomic E-state index is 0.264. The number of hydrogen-bond donors (Lipinski definition) is 1. The highest BCUT2D eigenvalue weighted by Gasteiger charge is 2.35. The molecule has 1 unspecified atom stereocenters. The third kappa shape index (κ3) is 4.49. The molecule has 0 aliphatic rings. The summed E-state index contributed by atoms with van der Waals surface area (Å²) < 4.78 is 10.4. The maximum atomic E-state index is 12.5. The van der Waals surface area contributed by atoms with E-state index in [0.717, 1.165) is 17.0 Å². The molecule has 0 heterocycles. The summed E-state index contributed by atoms with van der Waals surface area (Å²) in [6.07, 6.45) is 0.540. The second-order valence-electron chi connectivity index (χ2n) is 5.57. The number of carbonyl (C=O) groups excluding carboxylic acids is 1. The van der Waals surface area contributed by atoms with Gasteiger partial charge in [0.25, 0.3) is 0 Å². The van der Waals surface area contributed by atoms with Gasteiger partial charge < -0.3 is 14.8 Å². The van der Waals surface area contributed by atoms with Crippen LogP contribution in [0.4, 0.5) is 5.69 Å². The number of rotatable bonds is 7. The molecule has 2 aromatic carbocycles. The van der Waals surface area contributed by atoms with Crippen LogP contribution in [-0.2, 0) is 16.0 Å². The molecule has 2 rings (SSSR count). The number of methoxy groups -OCH3 is 1. The zero-order valence-corrected chi connectivity index (χ0v) is 13.8. The fraction of sp³-hybridized carbons (Fsp3) is 0.316. The lowest BCUT2D eigenvalue weighted by molar-refractivity contribution is -0.148. The molecule has 122 valence electrons. The predicted molar refractivity (Wildman–Crippen MR) is 91.8 cm³/mol. The fourth-order valence-corrected chi connectivity index (χ4v) is 2.45. The summed E-state index contributed by atoms with van der Waals surface area (Å²) in [7, 11) is 1.63. The van der Waals surface area contributed by atoms with E-state index in [4.69, 9.17) is 9.47 Å². The second-order valence-corrected chi connectivity index (χ2v) is 5.57. The van der Waals surface area contributed by atoms with Crippen LogP contribution in [-0.4, -0.2) is 25.2 Å². The zero-order chi connectivity index (χ0) is 16.7. The smallest absolute Gasteiger partial charge is 0.331 e. The molecular weight excluding hydrogens is 290 g/mol. The second kappa shape index (κ2) is 7.68. The highest BCUT2D eigenvalue weighted by molar-refractivity contribution is 5.84. The molecule has 0 aliphatic heterocycles. The molecule has 0 radical (unpaired) electrons. The minimum atomic E-state index is -0.841. The topological polar surface area (TPSA) is 47.6 Å². The van der Waals surface area contributed by atoms with E-state index in [9.17, 15) is 4.79 Å². The minimum Gasteiger partial charge on any atom is -0.497 e. The average Bonchev–Trinajstić information content (AvgIpc) is 2.56. The summed E-state index contributed by atoms with van der Waals surface area (Å²) in [5.74, 6) is 0.510. The standard InChI is InChI=1S/C19H23NO3/c1-4-23-18(21)19(2,14-15-8-6-5-7-9-15)20-16-10-12-17(22-3)13-11-16/h5-13,20H,4,14H2,1-3H3. The van der Waals surface area contributed by atoms with Gasteiger partial charge >= 0.3 is 5.97 Å². The Morgan fingerprint density at radius 1 is 1.09 bits per heavy atom. The number of carbonyl (C=O) groups is 1. The molecule has 0 bridgehead atoms. The molecule has 4 heteroatoms. The Balaban J connectivity index is 2.23. The fourth-order valence-electron chi connectivity index (χ4n) is 2.45. The van der Waals surface area contributed by atoms with Crippen molar-refractivity contribution in [2.45, 2.75) is 25.8 Å². The summed E-state index contributed by atoms with van der Waals surface area (Å²) in [6.45, 7) is 4.03. The molecule has 0 aliphatic carbocycles. The first kappa shape index (κ1) is 16.9. The average molecular weight is 313 g/mol. The van der Waals surface area contributed by atoms with Gasteiger partial charge in [-0.1, -0.05) is 30.3 Å². The van der Waals surface area contributed by atoms with Crippen molar-refractivity contribution in [3.05, 3.63) is 60.2 Å². The van der Waals surface area contributed by atoms with Crippen LogP contribution in [0.2, 0.25) is 0 Å². The van der Waals surface area contributed by atoms with Gasteiger partial charge in [0.15, 0.2) is 0 Å². The summed E-state index contributed by atoms with van der Waals surface area (Å²) >= 11 is 0. The van der Waals surface area contributed by atoms with Gasteiger partial charge in [-0.2, -0.15) is 0 Å². The largest absolute Gasteiger partial charge is 0.497 e. The highest BCUT2D eigenvalue weighted by atomic mass is 16.5. The van der Waals surface area contributed by atoms with Gasteiger partial charge in [-0.3, -0.25) is 0 Å². The number of esters is 1. The Labute approximate surface area is 137 Å². The lowest BCUT2D eigenvalue weighted by Crippen LogP contribution is -2.46. The van der Waals surface area contributed by atoms with Crippen LogP contribution >= 0.6 is 0 Å². The van der Waals surface area contributed by atoms with Crippen molar-refractivity contribution in [3.63, 3.8) is 0 Å². The van der Waals surface area contributed by atoms with Gasteiger partial charge in [-0.25, -0.2) is 4.79 Å². The Morgan fingerprint density at radius 2 is 1.74 bits per heavy atom. The normalized spacial score (nSPS) is 13.0. The van der Waals surface area contributed by atoms with Gasteiger partial charge in [-0.15, -0.1) is 0 Å². The summed E-state index contributed by atoms with van der Waals surface area (Å²) in [5.41, 5.74) is 1.08. The Hall–Kier alpha value is -2.49. The number of ether oxygens (including phenoxy) is 2. The predicted octanol–water partition coefficient (Wildman–Crippen LogP) is 3.67. The molecular formula is C19H23NO3. The van der Waals surface area contributed by atoms with E-state index >= 15 is 0 Å². The van der Waals surface area contributed by atoms with Crippen molar-refractivity contribution in [3.8, 4) is 5.75 Å². The van der Waals surface area contributed by atoms with Gasteiger partial charge in [0.1, 0.15) is 11.3 Å². The van der Waals surface area contributed by atoms with Crippen LogP contribution in [0.3, 0.4) is 0 Å². The lowest BCUT2D eigenvalue weighted by atomic mass is 9.92.